The first-order valence-electron chi connectivity index (χ1n) is 8.95. The number of fused-ring (bicyclic) bond motifs is 2. The summed E-state index contributed by atoms with van der Waals surface area (Å²) in [6, 6.07) is 6.30. The van der Waals surface area contributed by atoms with Crippen molar-refractivity contribution in [3.05, 3.63) is 42.2 Å². The SMILES string of the molecule is Cn1ccnc1SCC(=O)N1C(=O)C2CCCCN2C(=O)c2ccccc21. The number of amides is 3. The van der Waals surface area contributed by atoms with Crippen molar-refractivity contribution in [1.29, 1.82) is 0 Å². The maximum atomic E-state index is 13.2. The highest BCUT2D eigenvalue weighted by Gasteiger charge is 2.42. The molecule has 140 valence electrons. The molecule has 2 aliphatic rings. The summed E-state index contributed by atoms with van der Waals surface area (Å²) in [6.07, 6.45) is 5.81. The Labute approximate surface area is 161 Å². The molecular weight excluding hydrogens is 364 g/mol. The number of nitrogens with zero attached hydrogens (tertiary/aromatic N) is 4. The number of carbonyl (C=O) groups is 3. The van der Waals surface area contributed by atoms with Gasteiger partial charge in [-0.05, 0) is 31.4 Å². The van der Waals surface area contributed by atoms with E-state index in [9.17, 15) is 14.4 Å². The molecule has 0 bridgehead atoms. The van der Waals surface area contributed by atoms with Gasteiger partial charge in [-0.25, -0.2) is 9.88 Å². The van der Waals surface area contributed by atoms with Crippen LogP contribution in [0.1, 0.15) is 29.6 Å². The number of benzene rings is 1. The third-order valence-electron chi connectivity index (χ3n) is 5.00. The number of carbonyl (C=O) groups excluding carboxylic acids is 3. The zero-order valence-electron chi connectivity index (χ0n) is 15.0. The van der Waals surface area contributed by atoms with E-state index in [2.05, 4.69) is 4.98 Å². The molecule has 0 saturated carbocycles. The molecule has 7 nitrogen and oxygen atoms in total. The minimum atomic E-state index is -0.569. The molecule has 0 aliphatic carbocycles. The third kappa shape index (κ3) is 3.14. The predicted molar refractivity (Wildman–Crippen MR) is 102 cm³/mol. The number of thioether (sulfide) groups is 1. The topological polar surface area (TPSA) is 75.5 Å². The first-order chi connectivity index (χ1) is 13.1. The Hall–Kier alpha value is -2.61. The zero-order chi connectivity index (χ0) is 19.0. The number of hydrogen-bond donors (Lipinski definition) is 0. The van der Waals surface area contributed by atoms with Crippen molar-refractivity contribution in [1.82, 2.24) is 14.5 Å². The van der Waals surface area contributed by atoms with Gasteiger partial charge in [-0.3, -0.25) is 14.4 Å². The Kier molecular flexibility index (Phi) is 4.73. The van der Waals surface area contributed by atoms with Gasteiger partial charge in [0.05, 0.1) is 17.0 Å². The lowest BCUT2D eigenvalue weighted by atomic mass is 10.0. The van der Waals surface area contributed by atoms with Crippen LogP contribution in [0, 0.1) is 0 Å². The fourth-order valence-corrected chi connectivity index (χ4v) is 4.42. The molecule has 27 heavy (non-hydrogen) atoms. The maximum Gasteiger partial charge on any atom is 0.256 e. The van der Waals surface area contributed by atoms with Crippen LogP contribution in [0.2, 0.25) is 0 Å². The molecule has 2 aliphatic heterocycles. The van der Waals surface area contributed by atoms with Gasteiger partial charge in [0.1, 0.15) is 6.04 Å². The van der Waals surface area contributed by atoms with Gasteiger partial charge in [-0.2, -0.15) is 0 Å². The Morgan fingerprint density at radius 3 is 2.85 bits per heavy atom. The van der Waals surface area contributed by atoms with Gasteiger partial charge in [-0.1, -0.05) is 23.9 Å². The molecule has 3 amide bonds. The van der Waals surface area contributed by atoms with Gasteiger partial charge in [0.25, 0.3) is 11.8 Å². The number of imide groups is 1. The van der Waals surface area contributed by atoms with Gasteiger partial charge >= 0.3 is 0 Å². The molecule has 3 heterocycles. The van der Waals surface area contributed by atoms with Crippen molar-refractivity contribution >= 4 is 35.2 Å². The van der Waals surface area contributed by atoms with Gasteiger partial charge in [-0.15, -0.1) is 0 Å². The molecule has 0 spiro atoms. The third-order valence-corrected chi connectivity index (χ3v) is 6.04. The average Bonchev–Trinajstić information content (AvgIpc) is 3.07. The van der Waals surface area contributed by atoms with E-state index in [0.717, 1.165) is 12.8 Å². The highest BCUT2D eigenvalue weighted by atomic mass is 32.2. The van der Waals surface area contributed by atoms with E-state index in [1.807, 2.05) is 11.6 Å². The summed E-state index contributed by atoms with van der Waals surface area (Å²) in [7, 11) is 1.85. The first kappa shape index (κ1) is 17.8. The molecule has 2 aromatic rings. The maximum absolute atomic E-state index is 13.2. The highest BCUT2D eigenvalue weighted by molar-refractivity contribution is 7.99. The molecule has 4 rings (SSSR count). The van der Waals surface area contributed by atoms with Crippen LogP contribution in [0.3, 0.4) is 0 Å². The second-order valence-electron chi connectivity index (χ2n) is 6.70. The van der Waals surface area contributed by atoms with Crippen LogP contribution >= 0.6 is 11.8 Å². The molecule has 1 aromatic heterocycles. The van der Waals surface area contributed by atoms with Crippen molar-refractivity contribution in [2.45, 2.75) is 30.5 Å². The van der Waals surface area contributed by atoms with E-state index in [4.69, 9.17) is 0 Å². The standard InChI is InChI=1S/C19H20N4O3S/c1-21-11-9-20-19(21)27-12-16(24)23-14-7-3-2-6-13(14)17(25)22-10-5-4-8-15(22)18(23)26/h2-3,6-7,9,11,15H,4-5,8,10,12H2,1H3. The van der Waals surface area contributed by atoms with E-state index in [1.54, 1.807) is 41.6 Å². The smallest absolute Gasteiger partial charge is 0.256 e. The molecule has 1 atom stereocenters. The van der Waals surface area contributed by atoms with Crippen LogP contribution in [0.15, 0.2) is 41.8 Å². The summed E-state index contributed by atoms with van der Waals surface area (Å²) < 4.78 is 1.82. The Morgan fingerprint density at radius 2 is 2.07 bits per heavy atom. The molecule has 1 fully saturated rings. The molecule has 1 aromatic carbocycles. The van der Waals surface area contributed by atoms with Crippen LogP contribution < -0.4 is 4.90 Å². The van der Waals surface area contributed by atoms with Crippen molar-refractivity contribution < 1.29 is 14.4 Å². The average molecular weight is 384 g/mol. The number of rotatable bonds is 3. The van der Waals surface area contributed by atoms with Gasteiger partial charge in [0, 0.05) is 26.0 Å². The Bertz CT molecular complexity index is 910. The van der Waals surface area contributed by atoms with Crippen LogP contribution in [-0.4, -0.2) is 50.5 Å². The summed E-state index contributed by atoms with van der Waals surface area (Å²) in [6.45, 7) is 0.549. The molecule has 1 saturated heterocycles. The molecule has 1 unspecified atom stereocenters. The normalized spacial score (nSPS) is 19.5. The minimum Gasteiger partial charge on any atom is -0.329 e. The predicted octanol–water partition coefficient (Wildman–Crippen LogP) is 2.08. The number of anilines is 1. The fourth-order valence-electron chi connectivity index (χ4n) is 3.64. The van der Waals surface area contributed by atoms with Crippen molar-refractivity contribution in [3.63, 3.8) is 0 Å². The monoisotopic (exact) mass is 384 g/mol. The first-order valence-corrected chi connectivity index (χ1v) is 9.93. The lowest BCUT2D eigenvalue weighted by molar-refractivity contribution is -0.128. The number of hydrogen-bond acceptors (Lipinski definition) is 5. The van der Waals surface area contributed by atoms with Gasteiger partial charge < -0.3 is 9.47 Å². The van der Waals surface area contributed by atoms with Crippen molar-refractivity contribution in [2.24, 2.45) is 7.05 Å². The van der Waals surface area contributed by atoms with Gasteiger partial charge in [0.2, 0.25) is 5.91 Å². The fraction of sp³-hybridized carbons (Fsp3) is 0.368. The number of aryl methyl sites for hydroxylation is 1. The molecular formula is C19H20N4O3S. The molecule has 0 radical (unpaired) electrons. The second-order valence-corrected chi connectivity index (χ2v) is 7.65. The van der Waals surface area contributed by atoms with E-state index in [-0.39, 0.29) is 23.5 Å². The summed E-state index contributed by atoms with van der Waals surface area (Å²) in [5.41, 5.74) is 0.790. The number of piperidine rings is 1. The van der Waals surface area contributed by atoms with E-state index >= 15 is 0 Å². The van der Waals surface area contributed by atoms with E-state index in [0.29, 0.717) is 29.4 Å². The van der Waals surface area contributed by atoms with E-state index in [1.165, 1.54) is 16.7 Å². The number of imidazole rings is 1. The minimum absolute atomic E-state index is 0.0752. The Morgan fingerprint density at radius 1 is 1.26 bits per heavy atom. The van der Waals surface area contributed by atoms with Crippen LogP contribution in [0.4, 0.5) is 5.69 Å². The number of para-hydroxylation sites is 1. The summed E-state index contributed by atoms with van der Waals surface area (Å²) in [5.74, 6) is -0.735. The number of aromatic nitrogens is 2. The summed E-state index contributed by atoms with van der Waals surface area (Å²) in [5, 5.41) is 0.703. The lowest BCUT2D eigenvalue weighted by Crippen LogP contribution is -2.52. The largest absolute Gasteiger partial charge is 0.329 e. The quantitative estimate of drug-likeness (QED) is 0.758. The molecule has 0 N–H and O–H groups in total. The van der Waals surface area contributed by atoms with Crippen LogP contribution in [0.5, 0.6) is 0 Å². The summed E-state index contributed by atoms with van der Waals surface area (Å²) >= 11 is 1.28. The zero-order valence-corrected chi connectivity index (χ0v) is 15.8. The molecule has 8 heteroatoms. The van der Waals surface area contributed by atoms with E-state index < -0.39 is 6.04 Å². The van der Waals surface area contributed by atoms with Crippen molar-refractivity contribution in [2.75, 3.05) is 17.2 Å². The lowest BCUT2D eigenvalue weighted by Gasteiger charge is -2.34. The summed E-state index contributed by atoms with van der Waals surface area (Å²) in [4.78, 5) is 46.3. The van der Waals surface area contributed by atoms with Crippen LogP contribution in [-0.2, 0) is 16.6 Å². The second kappa shape index (κ2) is 7.19. The van der Waals surface area contributed by atoms with Crippen molar-refractivity contribution in [3.8, 4) is 0 Å². The Balaban J connectivity index is 1.68. The van der Waals surface area contributed by atoms with Gasteiger partial charge in [0.15, 0.2) is 5.16 Å². The van der Waals surface area contributed by atoms with Crippen LogP contribution in [0.25, 0.3) is 0 Å². The highest BCUT2D eigenvalue weighted by Crippen LogP contribution is 2.32.